The summed E-state index contributed by atoms with van der Waals surface area (Å²) in [7, 11) is 0. The number of nitrogens with zero attached hydrogens (tertiary/aromatic N) is 2. The van der Waals surface area contributed by atoms with Gasteiger partial charge in [-0.1, -0.05) is 11.6 Å². The Morgan fingerprint density at radius 1 is 1.12 bits per heavy atom. The number of ether oxygens (including phenoxy) is 2. The summed E-state index contributed by atoms with van der Waals surface area (Å²) < 4.78 is 51.3. The van der Waals surface area contributed by atoms with E-state index in [-0.39, 0.29) is 17.0 Å². The van der Waals surface area contributed by atoms with Gasteiger partial charge in [-0.3, -0.25) is 4.99 Å². The smallest absolute Gasteiger partial charge is 0.228 e. The maximum atomic E-state index is 13.5. The lowest BCUT2D eigenvalue weighted by Crippen LogP contribution is -2.59. The van der Waals surface area contributed by atoms with Gasteiger partial charge in [0.2, 0.25) is 6.29 Å². The number of halogens is 4. The number of rotatable bonds is 6. The van der Waals surface area contributed by atoms with Gasteiger partial charge in [0.25, 0.3) is 0 Å². The van der Waals surface area contributed by atoms with E-state index in [0.29, 0.717) is 17.2 Å². The second-order valence-corrected chi connectivity index (χ2v) is 7.25. The van der Waals surface area contributed by atoms with Crippen molar-refractivity contribution in [2.45, 2.75) is 30.6 Å². The summed E-state index contributed by atoms with van der Waals surface area (Å²) in [6, 6.07) is 6.16. The topological polar surface area (TPSA) is 130 Å². The van der Waals surface area contributed by atoms with E-state index in [2.05, 4.69) is 10.1 Å². The molecule has 0 spiro atoms. The minimum atomic E-state index is -1.66. The first kappa shape index (κ1) is 24.0. The summed E-state index contributed by atoms with van der Waals surface area (Å²) in [4.78, 5) is 4.01. The Morgan fingerprint density at radius 2 is 1.75 bits per heavy atom. The fourth-order valence-electron chi connectivity index (χ4n) is 3.03. The quantitative estimate of drug-likeness (QED) is 0.217. The van der Waals surface area contributed by atoms with Crippen LogP contribution in [0.25, 0.3) is 0 Å². The van der Waals surface area contributed by atoms with Gasteiger partial charge in [-0.05, 0) is 36.4 Å². The molecule has 3 unspecified atom stereocenters. The number of benzene rings is 2. The third kappa shape index (κ3) is 5.19. The molecule has 0 aliphatic carbocycles. The Morgan fingerprint density at radius 3 is 2.31 bits per heavy atom. The molecule has 0 aromatic heterocycles. The van der Waals surface area contributed by atoms with Crippen LogP contribution in [0.4, 0.5) is 13.2 Å². The number of hydrogen-bond donors (Lipinski definition) is 4. The first-order valence-corrected chi connectivity index (χ1v) is 9.63. The highest BCUT2D eigenvalue weighted by Gasteiger charge is 2.45. The molecule has 2 aromatic rings. The van der Waals surface area contributed by atoms with Crippen LogP contribution in [-0.4, -0.2) is 64.5 Å². The van der Waals surface area contributed by atoms with E-state index >= 15 is 0 Å². The molecule has 12 heteroatoms. The largest absolute Gasteiger partial charge is 0.462 e. The molecule has 172 valence electrons. The van der Waals surface area contributed by atoms with Crippen LogP contribution in [-0.2, 0) is 4.74 Å². The van der Waals surface area contributed by atoms with Crippen molar-refractivity contribution in [3.8, 4) is 5.75 Å². The number of hydrogen-bond acceptors (Lipinski definition) is 8. The molecule has 0 radical (unpaired) electrons. The Labute approximate surface area is 185 Å². The van der Waals surface area contributed by atoms with E-state index in [4.69, 9.17) is 26.9 Å². The third-order valence-electron chi connectivity index (χ3n) is 4.70. The molecule has 2 aromatic carbocycles. The van der Waals surface area contributed by atoms with Crippen molar-refractivity contribution < 1.29 is 38.0 Å². The summed E-state index contributed by atoms with van der Waals surface area (Å²) >= 11 is 5.82. The summed E-state index contributed by atoms with van der Waals surface area (Å²) in [6.07, 6.45) is -4.56. The first-order valence-electron chi connectivity index (χ1n) is 9.25. The van der Waals surface area contributed by atoms with E-state index in [1.807, 2.05) is 0 Å². The first-order chi connectivity index (χ1) is 15.2. The van der Waals surface area contributed by atoms with E-state index < -0.39 is 54.7 Å². The number of aliphatic hydroxyl groups is 3. The zero-order chi connectivity index (χ0) is 23.4. The normalized spacial score (nSPS) is 26.5. The van der Waals surface area contributed by atoms with E-state index in [1.54, 1.807) is 12.1 Å². The van der Waals surface area contributed by atoms with Crippen molar-refractivity contribution in [3.63, 3.8) is 0 Å². The summed E-state index contributed by atoms with van der Waals surface area (Å²) in [5, 5.41) is 34.4. The molecular formula is C20H19ClF3N3O5. The maximum Gasteiger partial charge on any atom is 0.228 e. The Hall–Kier alpha value is -2.70. The summed E-state index contributed by atoms with van der Waals surface area (Å²) in [5.41, 5.74) is -0.485. The van der Waals surface area contributed by atoms with Crippen molar-refractivity contribution in [1.29, 1.82) is 0 Å². The molecule has 1 aliphatic rings. The number of hydrazone groups is 1. The van der Waals surface area contributed by atoms with Crippen LogP contribution < -0.4 is 10.6 Å². The summed E-state index contributed by atoms with van der Waals surface area (Å²) in [5.74, 6) is 0.961. The molecule has 1 saturated heterocycles. The minimum Gasteiger partial charge on any atom is -0.462 e. The van der Waals surface area contributed by atoms with Gasteiger partial charge in [0, 0.05) is 16.8 Å². The van der Waals surface area contributed by atoms with Crippen LogP contribution in [0.5, 0.6) is 5.75 Å². The van der Waals surface area contributed by atoms with Gasteiger partial charge in [0.05, 0.1) is 6.61 Å². The highest BCUT2D eigenvalue weighted by atomic mass is 35.5. The standard InChI is InChI=1S/C20H19ClF3N3O5/c21-10-1-3-11(4-2-10)31-20-19(30)17(18(29)15(8-28)32-20)26-7-14(27-25)9-5-12(22)16(24)13(23)6-9/h1-7,15,17-20,28-30H,8,25H2/t15?,17?,18-,19?,20-/m0/s1. The van der Waals surface area contributed by atoms with Crippen LogP contribution in [0.2, 0.25) is 5.02 Å². The van der Waals surface area contributed by atoms with Crippen LogP contribution in [0.15, 0.2) is 46.5 Å². The SMILES string of the molecule is NN=C(C=NC1C(O)[C@@H](Oc2ccc(Cl)cc2)OC(CO)[C@@H]1O)c1cc(F)c(F)c(F)c1. The molecular weight excluding hydrogens is 455 g/mol. The van der Waals surface area contributed by atoms with Gasteiger partial charge in [-0.25, -0.2) is 13.2 Å². The maximum absolute atomic E-state index is 13.5. The average molecular weight is 474 g/mol. The van der Waals surface area contributed by atoms with Crippen molar-refractivity contribution in [2.24, 2.45) is 15.9 Å². The van der Waals surface area contributed by atoms with Gasteiger partial charge in [-0.2, -0.15) is 5.10 Å². The zero-order valence-electron chi connectivity index (χ0n) is 16.3. The molecule has 5 N–H and O–H groups in total. The molecule has 0 bridgehead atoms. The van der Waals surface area contributed by atoms with Crippen molar-refractivity contribution in [3.05, 3.63) is 64.4 Å². The Balaban J connectivity index is 1.84. The molecule has 1 heterocycles. The molecule has 1 fully saturated rings. The Bertz CT molecular complexity index is 985. The zero-order valence-corrected chi connectivity index (χ0v) is 17.0. The minimum absolute atomic E-state index is 0.226. The van der Waals surface area contributed by atoms with Gasteiger partial charge < -0.3 is 30.6 Å². The summed E-state index contributed by atoms with van der Waals surface area (Å²) in [6.45, 7) is -0.618. The highest BCUT2D eigenvalue weighted by molar-refractivity contribution is 6.38. The van der Waals surface area contributed by atoms with E-state index in [0.717, 1.165) is 6.21 Å². The van der Waals surface area contributed by atoms with Crippen LogP contribution in [0.1, 0.15) is 5.56 Å². The van der Waals surface area contributed by atoms with Gasteiger partial charge in [0.15, 0.2) is 17.5 Å². The highest BCUT2D eigenvalue weighted by Crippen LogP contribution is 2.27. The fraction of sp³-hybridized carbons (Fsp3) is 0.300. The Kier molecular flexibility index (Phi) is 7.69. The van der Waals surface area contributed by atoms with Crippen LogP contribution in [0.3, 0.4) is 0 Å². The molecule has 3 rings (SSSR count). The van der Waals surface area contributed by atoms with Gasteiger partial charge in [0.1, 0.15) is 35.8 Å². The molecule has 8 nitrogen and oxygen atoms in total. The monoisotopic (exact) mass is 473 g/mol. The van der Waals surface area contributed by atoms with Gasteiger partial charge in [-0.15, -0.1) is 0 Å². The van der Waals surface area contributed by atoms with E-state index in [1.165, 1.54) is 12.1 Å². The van der Waals surface area contributed by atoms with Crippen molar-refractivity contribution in [2.75, 3.05) is 6.61 Å². The van der Waals surface area contributed by atoms with Crippen molar-refractivity contribution in [1.82, 2.24) is 0 Å². The average Bonchev–Trinajstić information content (AvgIpc) is 2.77. The van der Waals surface area contributed by atoms with E-state index in [9.17, 15) is 28.5 Å². The molecule has 32 heavy (non-hydrogen) atoms. The molecule has 0 amide bonds. The van der Waals surface area contributed by atoms with Crippen LogP contribution >= 0.6 is 11.6 Å². The number of nitrogens with two attached hydrogens (primary N) is 1. The lowest BCUT2D eigenvalue weighted by molar-refractivity contribution is -0.247. The lowest BCUT2D eigenvalue weighted by Gasteiger charge is -2.40. The second-order valence-electron chi connectivity index (χ2n) is 6.82. The van der Waals surface area contributed by atoms with Crippen LogP contribution in [0, 0.1) is 17.5 Å². The number of aliphatic imine (C=N–C) groups is 1. The molecule has 0 saturated carbocycles. The predicted octanol–water partition coefficient (Wildman–Crippen LogP) is 1.38. The number of aliphatic hydroxyl groups excluding tert-OH is 3. The fourth-order valence-corrected chi connectivity index (χ4v) is 3.16. The molecule has 5 atom stereocenters. The second kappa shape index (κ2) is 10.3. The predicted molar refractivity (Wildman–Crippen MR) is 109 cm³/mol. The lowest BCUT2D eigenvalue weighted by atomic mass is 9.96. The molecule has 1 aliphatic heterocycles. The third-order valence-corrected chi connectivity index (χ3v) is 4.95. The van der Waals surface area contributed by atoms with Crippen molar-refractivity contribution >= 4 is 23.5 Å². The van der Waals surface area contributed by atoms with Gasteiger partial charge >= 0.3 is 0 Å².